The Kier molecular flexibility index (Phi) is 2.60. The molecule has 0 amide bonds. The molecule has 2 heterocycles. The van der Waals surface area contributed by atoms with E-state index in [1.165, 1.54) is 0 Å². The fourth-order valence-electron chi connectivity index (χ4n) is 1.76. The number of hydrogen-bond donors (Lipinski definition) is 1. The predicted octanol–water partition coefficient (Wildman–Crippen LogP) is 2.68. The van der Waals surface area contributed by atoms with Gasteiger partial charge in [0.05, 0.1) is 13.4 Å². The van der Waals surface area contributed by atoms with Crippen molar-refractivity contribution in [3.05, 3.63) is 35.9 Å². The quantitative estimate of drug-likeness (QED) is 0.720. The van der Waals surface area contributed by atoms with Gasteiger partial charge in [-0.2, -0.15) is 4.98 Å². The maximum atomic E-state index is 5.89. The summed E-state index contributed by atoms with van der Waals surface area (Å²) in [6.07, 6.45) is 1.57. The van der Waals surface area contributed by atoms with Crippen molar-refractivity contribution in [1.82, 2.24) is 19.9 Å². The van der Waals surface area contributed by atoms with Crippen LogP contribution in [-0.4, -0.2) is 27.0 Å². The van der Waals surface area contributed by atoms with E-state index in [9.17, 15) is 0 Å². The molecule has 5 nitrogen and oxygen atoms in total. The Morgan fingerprint density at radius 1 is 1.17 bits per heavy atom. The van der Waals surface area contributed by atoms with Crippen molar-refractivity contribution in [3.63, 3.8) is 0 Å². The Morgan fingerprint density at radius 2 is 1.94 bits per heavy atom. The Hall–Kier alpha value is -2.14. The SMILES string of the molecule is COc1ccc(-c2nc(Cl)nc3nc[nH]c23)cc1. The summed E-state index contributed by atoms with van der Waals surface area (Å²) in [6.45, 7) is 0. The zero-order valence-electron chi connectivity index (χ0n) is 9.51. The van der Waals surface area contributed by atoms with E-state index in [4.69, 9.17) is 16.3 Å². The first-order valence-electron chi connectivity index (χ1n) is 5.29. The number of halogens is 1. The topological polar surface area (TPSA) is 63.7 Å². The van der Waals surface area contributed by atoms with Crippen molar-refractivity contribution >= 4 is 22.8 Å². The van der Waals surface area contributed by atoms with Gasteiger partial charge >= 0.3 is 0 Å². The molecule has 0 aliphatic heterocycles. The molecule has 18 heavy (non-hydrogen) atoms. The molecule has 0 aliphatic carbocycles. The molecule has 3 rings (SSSR count). The molecule has 0 saturated heterocycles. The lowest BCUT2D eigenvalue weighted by Gasteiger charge is -2.04. The number of rotatable bonds is 2. The molecule has 2 aromatic heterocycles. The van der Waals surface area contributed by atoms with E-state index in [1.807, 2.05) is 24.3 Å². The van der Waals surface area contributed by atoms with Crippen LogP contribution in [-0.2, 0) is 0 Å². The zero-order chi connectivity index (χ0) is 12.5. The van der Waals surface area contributed by atoms with Crippen molar-refractivity contribution < 1.29 is 4.74 Å². The Morgan fingerprint density at radius 3 is 2.67 bits per heavy atom. The second-order valence-corrected chi connectivity index (χ2v) is 4.01. The van der Waals surface area contributed by atoms with Gasteiger partial charge in [0.1, 0.15) is 17.0 Å². The standard InChI is InChI=1S/C12H9ClN4O/c1-18-8-4-2-7(3-5-8)9-10-11(15-6-14-10)17-12(13)16-9/h2-6H,1H3,(H,14,15,16,17). The lowest BCUT2D eigenvalue weighted by Crippen LogP contribution is -1.91. The third kappa shape index (κ3) is 1.78. The van der Waals surface area contributed by atoms with Gasteiger partial charge in [0.2, 0.25) is 5.28 Å². The molecule has 0 saturated carbocycles. The lowest BCUT2D eigenvalue weighted by molar-refractivity contribution is 0.415. The summed E-state index contributed by atoms with van der Waals surface area (Å²) < 4.78 is 5.12. The Bertz CT molecular complexity index is 693. The number of aromatic nitrogens is 4. The van der Waals surface area contributed by atoms with Gasteiger partial charge in [0.15, 0.2) is 5.65 Å². The molecule has 0 atom stereocenters. The van der Waals surface area contributed by atoms with Gasteiger partial charge in [0.25, 0.3) is 0 Å². The fraction of sp³-hybridized carbons (Fsp3) is 0.0833. The van der Waals surface area contributed by atoms with Crippen molar-refractivity contribution in [1.29, 1.82) is 0 Å². The van der Waals surface area contributed by atoms with Crippen LogP contribution < -0.4 is 4.74 Å². The molecule has 6 heteroatoms. The van der Waals surface area contributed by atoms with E-state index < -0.39 is 0 Å². The van der Waals surface area contributed by atoms with Crippen LogP contribution in [0.15, 0.2) is 30.6 Å². The third-order valence-corrected chi connectivity index (χ3v) is 2.79. The summed E-state index contributed by atoms with van der Waals surface area (Å²) in [7, 11) is 1.63. The minimum atomic E-state index is 0.181. The molecule has 1 N–H and O–H groups in total. The second-order valence-electron chi connectivity index (χ2n) is 3.67. The van der Waals surface area contributed by atoms with Crippen molar-refractivity contribution in [2.45, 2.75) is 0 Å². The number of H-pyrrole nitrogens is 1. The second kappa shape index (κ2) is 4.27. The molecular formula is C12H9ClN4O. The van der Waals surface area contributed by atoms with E-state index in [2.05, 4.69) is 19.9 Å². The highest BCUT2D eigenvalue weighted by Crippen LogP contribution is 2.26. The monoisotopic (exact) mass is 260 g/mol. The molecule has 3 aromatic rings. The molecule has 0 unspecified atom stereocenters. The first kappa shape index (κ1) is 11.0. The summed E-state index contributed by atoms with van der Waals surface area (Å²) in [5.74, 6) is 0.791. The van der Waals surface area contributed by atoms with Gasteiger partial charge in [-0.25, -0.2) is 9.97 Å². The predicted molar refractivity (Wildman–Crippen MR) is 68.7 cm³/mol. The number of aromatic amines is 1. The molecule has 90 valence electrons. The zero-order valence-corrected chi connectivity index (χ0v) is 10.3. The van der Waals surface area contributed by atoms with E-state index in [-0.39, 0.29) is 5.28 Å². The van der Waals surface area contributed by atoms with Crippen LogP contribution >= 0.6 is 11.6 Å². The number of imidazole rings is 1. The highest BCUT2D eigenvalue weighted by molar-refractivity contribution is 6.28. The number of hydrogen-bond acceptors (Lipinski definition) is 4. The largest absolute Gasteiger partial charge is 0.497 e. The smallest absolute Gasteiger partial charge is 0.225 e. The van der Waals surface area contributed by atoms with E-state index >= 15 is 0 Å². The summed E-state index contributed by atoms with van der Waals surface area (Å²) in [5.41, 5.74) is 2.98. The van der Waals surface area contributed by atoms with Crippen LogP contribution in [0.5, 0.6) is 5.75 Å². The van der Waals surface area contributed by atoms with Gasteiger partial charge in [-0.1, -0.05) is 0 Å². The normalized spacial score (nSPS) is 10.8. The Balaban J connectivity index is 2.20. The molecule has 0 fully saturated rings. The third-order valence-electron chi connectivity index (χ3n) is 2.62. The summed E-state index contributed by atoms with van der Waals surface area (Å²) in [4.78, 5) is 15.4. The van der Waals surface area contributed by atoms with Crippen LogP contribution in [0, 0.1) is 0 Å². The first-order chi connectivity index (χ1) is 8.78. The first-order valence-corrected chi connectivity index (χ1v) is 5.67. The van der Waals surface area contributed by atoms with Crippen LogP contribution in [0.3, 0.4) is 0 Å². The van der Waals surface area contributed by atoms with Crippen LogP contribution in [0.1, 0.15) is 0 Å². The van der Waals surface area contributed by atoms with Gasteiger partial charge < -0.3 is 9.72 Å². The number of nitrogens with one attached hydrogen (secondary N) is 1. The summed E-state index contributed by atoms with van der Waals surface area (Å²) in [5, 5.41) is 0.181. The number of methoxy groups -OCH3 is 1. The van der Waals surface area contributed by atoms with Crippen molar-refractivity contribution in [3.8, 4) is 17.0 Å². The number of ether oxygens (including phenoxy) is 1. The lowest BCUT2D eigenvalue weighted by atomic mass is 10.1. The van der Waals surface area contributed by atoms with Crippen LogP contribution in [0.2, 0.25) is 5.28 Å². The van der Waals surface area contributed by atoms with Crippen molar-refractivity contribution in [2.24, 2.45) is 0 Å². The molecular weight excluding hydrogens is 252 g/mol. The number of benzene rings is 1. The molecule has 0 spiro atoms. The molecule has 1 aromatic carbocycles. The van der Waals surface area contributed by atoms with Crippen LogP contribution in [0.25, 0.3) is 22.4 Å². The molecule has 0 bridgehead atoms. The highest BCUT2D eigenvalue weighted by Gasteiger charge is 2.10. The van der Waals surface area contributed by atoms with Crippen molar-refractivity contribution in [2.75, 3.05) is 7.11 Å². The Labute approximate surface area is 108 Å². The van der Waals surface area contributed by atoms with Gasteiger partial charge in [-0.15, -0.1) is 0 Å². The van der Waals surface area contributed by atoms with Crippen LogP contribution in [0.4, 0.5) is 0 Å². The maximum Gasteiger partial charge on any atom is 0.225 e. The van der Waals surface area contributed by atoms with E-state index in [0.29, 0.717) is 5.65 Å². The number of nitrogens with zero attached hydrogens (tertiary/aromatic N) is 3. The van der Waals surface area contributed by atoms with Gasteiger partial charge in [0, 0.05) is 5.56 Å². The minimum Gasteiger partial charge on any atom is -0.497 e. The highest BCUT2D eigenvalue weighted by atomic mass is 35.5. The number of fused-ring (bicyclic) bond motifs is 1. The van der Waals surface area contributed by atoms with E-state index in [0.717, 1.165) is 22.5 Å². The average molecular weight is 261 g/mol. The maximum absolute atomic E-state index is 5.89. The van der Waals surface area contributed by atoms with E-state index in [1.54, 1.807) is 13.4 Å². The van der Waals surface area contributed by atoms with Gasteiger partial charge in [-0.3, -0.25) is 0 Å². The average Bonchev–Trinajstić information content (AvgIpc) is 2.86. The molecule has 0 radical (unpaired) electrons. The van der Waals surface area contributed by atoms with Gasteiger partial charge in [-0.05, 0) is 35.9 Å². The molecule has 0 aliphatic rings. The summed E-state index contributed by atoms with van der Waals surface area (Å²) >= 11 is 5.89. The summed E-state index contributed by atoms with van der Waals surface area (Å²) in [6, 6.07) is 7.57. The minimum absolute atomic E-state index is 0.181. The fourth-order valence-corrected chi connectivity index (χ4v) is 1.93.